The molecule has 186 valence electrons. The fourth-order valence-corrected chi connectivity index (χ4v) is 6.13. The molecule has 3 aliphatic rings. The van der Waals surface area contributed by atoms with Gasteiger partial charge in [0.05, 0.1) is 38.0 Å². The van der Waals surface area contributed by atoms with Crippen molar-refractivity contribution in [2.75, 3.05) is 26.9 Å². The summed E-state index contributed by atoms with van der Waals surface area (Å²) in [5.74, 6) is -0.424. The topological polar surface area (TPSA) is 68.2 Å². The predicted molar refractivity (Wildman–Crippen MR) is 131 cm³/mol. The second-order valence-corrected chi connectivity index (χ2v) is 9.85. The number of nitrogens with zero attached hydrogens (tertiary/aromatic N) is 1. The Morgan fingerprint density at radius 1 is 1.03 bits per heavy atom. The number of hydrogen-bond acceptors (Lipinski definition) is 5. The van der Waals surface area contributed by atoms with Gasteiger partial charge in [0.2, 0.25) is 0 Å². The number of ether oxygens (including phenoxy) is 3. The second-order valence-electron chi connectivity index (χ2n) is 9.85. The van der Waals surface area contributed by atoms with Crippen LogP contribution < -0.4 is 4.74 Å². The van der Waals surface area contributed by atoms with Gasteiger partial charge in [0.15, 0.2) is 11.6 Å². The summed E-state index contributed by atoms with van der Waals surface area (Å²) in [5, 5.41) is 11.5. The van der Waals surface area contributed by atoms with Crippen LogP contribution in [0.5, 0.6) is 5.75 Å². The van der Waals surface area contributed by atoms with Crippen LogP contribution in [0, 0.1) is 5.82 Å². The Morgan fingerprint density at radius 3 is 2.22 bits per heavy atom. The third-order valence-electron chi connectivity index (χ3n) is 7.79. The molecule has 3 aromatic rings. The Balaban J connectivity index is 1.20. The van der Waals surface area contributed by atoms with E-state index in [0.29, 0.717) is 18.8 Å². The highest BCUT2D eigenvalue weighted by atomic mass is 19.1. The highest BCUT2D eigenvalue weighted by Crippen LogP contribution is 2.45. The molecule has 1 amide bonds. The van der Waals surface area contributed by atoms with Gasteiger partial charge in [-0.2, -0.15) is 0 Å². The Morgan fingerprint density at radius 2 is 1.64 bits per heavy atom. The lowest BCUT2D eigenvalue weighted by Gasteiger charge is -2.51. The molecule has 2 bridgehead atoms. The standard InChI is InChI=1S/C29H28FNO5/c1-34-27-11-10-18(12-26(27)30)29(33)13-19-15-35-16-20(14-29)31(19)28(32)36-17-25-23-8-4-2-6-21(23)22-7-3-5-9-24(22)25/h2-12,19-20,25,33H,13-17H2,1H3. The summed E-state index contributed by atoms with van der Waals surface area (Å²) in [6, 6.07) is 20.2. The number of rotatable bonds is 4. The molecule has 0 aromatic heterocycles. The molecule has 36 heavy (non-hydrogen) atoms. The van der Waals surface area contributed by atoms with Gasteiger partial charge in [0.25, 0.3) is 0 Å². The first-order chi connectivity index (χ1) is 17.5. The molecule has 2 unspecified atom stereocenters. The summed E-state index contributed by atoms with van der Waals surface area (Å²) >= 11 is 0. The van der Waals surface area contributed by atoms with E-state index in [0.717, 1.165) is 11.1 Å². The van der Waals surface area contributed by atoms with Crippen molar-refractivity contribution in [2.45, 2.75) is 36.4 Å². The lowest BCUT2D eigenvalue weighted by Crippen LogP contribution is -2.62. The van der Waals surface area contributed by atoms with Gasteiger partial charge < -0.3 is 19.3 Å². The van der Waals surface area contributed by atoms with Gasteiger partial charge in [-0.15, -0.1) is 0 Å². The molecular formula is C29H28FNO5. The smallest absolute Gasteiger partial charge is 0.410 e. The molecule has 0 saturated carbocycles. The van der Waals surface area contributed by atoms with Gasteiger partial charge in [-0.25, -0.2) is 9.18 Å². The summed E-state index contributed by atoms with van der Waals surface area (Å²) in [4.78, 5) is 15.1. The summed E-state index contributed by atoms with van der Waals surface area (Å²) in [6.45, 7) is 0.820. The number of amides is 1. The van der Waals surface area contributed by atoms with E-state index in [-0.39, 0.29) is 43.2 Å². The molecule has 6 rings (SSSR count). The summed E-state index contributed by atoms with van der Waals surface area (Å²) in [7, 11) is 1.40. The summed E-state index contributed by atoms with van der Waals surface area (Å²) < 4.78 is 31.0. The van der Waals surface area contributed by atoms with Crippen molar-refractivity contribution in [3.8, 4) is 16.9 Å². The van der Waals surface area contributed by atoms with Gasteiger partial charge in [-0.3, -0.25) is 4.90 Å². The average molecular weight is 490 g/mol. The normalized spacial score (nSPS) is 24.7. The van der Waals surface area contributed by atoms with Crippen LogP contribution in [-0.2, 0) is 15.1 Å². The third-order valence-corrected chi connectivity index (χ3v) is 7.79. The van der Waals surface area contributed by atoms with Crippen molar-refractivity contribution < 1.29 is 28.5 Å². The van der Waals surface area contributed by atoms with Gasteiger partial charge in [0.1, 0.15) is 6.61 Å². The van der Waals surface area contributed by atoms with Gasteiger partial charge in [0, 0.05) is 18.8 Å². The molecule has 6 nitrogen and oxygen atoms in total. The molecule has 2 atom stereocenters. The van der Waals surface area contributed by atoms with E-state index < -0.39 is 17.5 Å². The lowest BCUT2D eigenvalue weighted by atomic mass is 9.77. The largest absolute Gasteiger partial charge is 0.494 e. The van der Waals surface area contributed by atoms with Gasteiger partial charge in [-0.05, 0) is 39.9 Å². The molecule has 2 heterocycles. The molecule has 2 aliphatic heterocycles. The highest BCUT2D eigenvalue weighted by Gasteiger charge is 2.49. The number of hydrogen-bond donors (Lipinski definition) is 1. The molecule has 0 radical (unpaired) electrons. The van der Waals surface area contributed by atoms with E-state index in [1.165, 1.54) is 30.4 Å². The minimum atomic E-state index is -1.27. The van der Waals surface area contributed by atoms with Crippen LogP contribution in [0.4, 0.5) is 9.18 Å². The van der Waals surface area contributed by atoms with Crippen LogP contribution >= 0.6 is 0 Å². The lowest BCUT2D eigenvalue weighted by molar-refractivity contribution is -0.136. The fourth-order valence-electron chi connectivity index (χ4n) is 6.13. The number of carbonyl (C=O) groups excluding carboxylic acids is 1. The van der Waals surface area contributed by atoms with Crippen LogP contribution in [0.2, 0.25) is 0 Å². The third kappa shape index (κ3) is 3.74. The summed E-state index contributed by atoms with van der Waals surface area (Å²) in [5.41, 5.74) is 3.87. The maximum Gasteiger partial charge on any atom is 0.410 e. The predicted octanol–water partition coefficient (Wildman–Crippen LogP) is 4.83. The van der Waals surface area contributed by atoms with Crippen molar-refractivity contribution in [3.63, 3.8) is 0 Å². The van der Waals surface area contributed by atoms with Crippen LogP contribution in [0.25, 0.3) is 11.1 Å². The van der Waals surface area contributed by atoms with Crippen LogP contribution in [-0.4, -0.2) is 55.1 Å². The molecule has 7 heteroatoms. The number of piperidine rings is 1. The Hall–Kier alpha value is -3.42. The van der Waals surface area contributed by atoms with E-state index in [1.807, 2.05) is 24.3 Å². The Bertz CT molecular complexity index is 1250. The van der Waals surface area contributed by atoms with Crippen molar-refractivity contribution in [1.82, 2.24) is 4.90 Å². The van der Waals surface area contributed by atoms with Crippen molar-refractivity contribution in [1.29, 1.82) is 0 Å². The zero-order chi connectivity index (χ0) is 24.9. The van der Waals surface area contributed by atoms with E-state index >= 15 is 0 Å². The van der Waals surface area contributed by atoms with Crippen molar-refractivity contribution in [2.24, 2.45) is 0 Å². The number of carbonyl (C=O) groups is 1. The highest BCUT2D eigenvalue weighted by molar-refractivity contribution is 5.79. The maximum absolute atomic E-state index is 14.4. The maximum atomic E-state index is 14.4. The minimum Gasteiger partial charge on any atom is -0.494 e. The second kappa shape index (κ2) is 8.91. The first-order valence-electron chi connectivity index (χ1n) is 12.3. The van der Waals surface area contributed by atoms with Crippen LogP contribution in [0.3, 0.4) is 0 Å². The van der Waals surface area contributed by atoms with E-state index in [1.54, 1.807) is 11.0 Å². The van der Waals surface area contributed by atoms with E-state index in [2.05, 4.69) is 24.3 Å². The molecule has 2 fully saturated rings. The monoisotopic (exact) mass is 489 g/mol. The van der Waals surface area contributed by atoms with E-state index in [4.69, 9.17) is 14.2 Å². The SMILES string of the molecule is COc1ccc(C2(O)CC3COCC(C2)N3C(=O)OCC2c3ccccc3-c3ccccc32)cc1F. The minimum absolute atomic E-state index is 0.0264. The Kier molecular flexibility index (Phi) is 5.69. The van der Waals surface area contributed by atoms with Crippen molar-refractivity contribution in [3.05, 3.63) is 89.2 Å². The zero-order valence-corrected chi connectivity index (χ0v) is 20.0. The molecule has 0 spiro atoms. The molecular weight excluding hydrogens is 461 g/mol. The molecule has 3 aromatic carbocycles. The van der Waals surface area contributed by atoms with Gasteiger partial charge in [-0.1, -0.05) is 54.6 Å². The quantitative estimate of drug-likeness (QED) is 0.568. The van der Waals surface area contributed by atoms with Crippen LogP contribution in [0.15, 0.2) is 66.7 Å². The zero-order valence-electron chi connectivity index (χ0n) is 20.0. The number of methoxy groups -OCH3 is 1. The number of morpholine rings is 1. The fraction of sp³-hybridized carbons (Fsp3) is 0.345. The number of benzene rings is 3. The molecule has 1 aliphatic carbocycles. The van der Waals surface area contributed by atoms with Gasteiger partial charge >= 0.3 is 6.09 Å². The molecule has 1 N–H and O–H groups in total. The number of halogens is 1. The first kappa shape index (κ1) is 23.0. The van der Waals surface area contributed by atoms with Crippen LogP contribution in [0.1, 0.15) is 35.4 Å². The Labute approximate surface area is 209 Å². The number of aliphatic hydroxyl groups is 1. The van der Waals surface area contributed by atoms with Crippen molar-refractivity contribution >= 4 is 6.09 Å². The summed E-state index contributed by atoms with van der Waals surface area (Å²) in [6.07, 6.45) is 0.0666. The number of fused-ring (bicyclic) bond motifs is 5. The van der Waals surface area contributed by atoms with E-state index in [9.17, 15) is 14.3 Å². The molecule has 2 saturated heterocycles. The first-order valence-corrected chi connectivity index (χ1v) is 12.3. The average Bonchev–Trinajstić information content (AvgIpc) is 3.20.